The van der Waals surface area contributed by atoms with E-state index in [2.05, 4.69) is 42.5 Å². The second kappa shape index (κ2) is 8.76. The molecule has 0 aromatic heterocycles. The Morgan fingerprint density at radius 3 is 2.33 bits per heavy atom. The molecule has 0 spiro atoms. The lowest BCUT2D eigenvalue weighted by Crippen LogP contribution is -2.41. The average molecular weight is 422 g/mol. The first-order valence-corrected chi connectivity index (χ1v) is 8.57. The van der Waals surface area contributed by atoms with Crippen molar-refractivity contribution < 1.29 is 9.53 Å². The van der Waals surface area contributed by atoms with Crippen molar-refractivity contribution >= 4 is 37.8 Å². The highest BCUT2D eigenvalue weighted by Gasteiger charge is 2.19. The number of benzene rings is 1. The summed E-state index contributed by atoms with van der Waals surface area (Å²) in [4.78, 5) is 12.0. The van der Waals surface area contributed by atoms with Gasteiger partial charge in [-0.05, 0) is 76.9 Å². The Kier molecular flexibility index (Phi) is 7.70. The Morgan fingerprint density at radius 2 is 1.86 bits per heavy atom. The Bertz CT molecular complexity index is 472. The molecule has 118 valence electrons. The molecule has 2 N–H and O–H groups in total. The summed E-state index contributed by atoms with van der Waals surface area (Å²) in [6, 6.07) is 4.11. The highest BCUT2D eigenvalue weighted by Crippen LogP contribution is 2.35. The van der Waals surface area contributed by atoms with Crippen LogP contribution in [0.5, 0.6) is 5.75 Å². The lowest BCUT2D eigenvalue weighted by atomic mass is 10.2. The van der Waals surface area contributed by atoms with Crippen LogP contribution in [0.15, 0.2) is 21.1 Å². The van der Waals surface area contributed by atoms with E-state index in [4.69, 9.17) is 4.74 Å². The first-order valence-electron chi connectivity index (χ1n) is 6.98. The molecule has 2 unspecified atom stereocenters. The standard InChI is InChI=1S/C15H22Br2N2O2/c1-5-9(2)19-15(20)10(3)21-14-12(16)6-11(8-18-4)7-13(14)17/h6-7,9-10,18H,5,8H2,1-4H3,(H,19,20). The topological polar surface area (TPSA) is 50.4 Å². The van der Waals surface area contributed by atoms with Gasteiger partial charge in [-0.2, -0.15) is 0 Å². The molecule has 0 bridgehead atoms. The number of rotatable bonds is 7. The summed E-state index contributed by atoms with van der Waals surface area (Å²) in [6.45, 7) is 6.52. The highest BCUT2D eigenvalue weighted by atomic mass is 79.9. The number of hydrogen-bond donors (Lipinski definition) is 2. The first-order chi connectivity index (χ1) is 9.88. The number of nitrogens with one attached hydrogen (secondary N) is 2. The monoisotopic (exact) mass is 420 g/mol. The lowest BCUT2D eigenvalue weighted by molar-refractivity contribution is -0.127. The van der Waals surface area contributed by atoms with Gasteiger partial charge in [0.15, 0.2) is 6.10 Å². The minimum atomic E-state index is -0.554. The summed E-state index contributed by atoms with van der Waals surface area (Å²) in [5.41, 5.74) is 1.13. The van der Waals surface area contributed by atoms with Gasteiger partial charge in [0.1, 0.15) is 5.75 Å². The van der Waals surface area contributed by atoms with Crippen molar-refractivity contribution in [3.63, 3.8) is 0 Å². The van der Waals surface area contributed by atoms with Gasteiger partial charge in [0, 0.05) is 12.6 Å². The van der Waals surface area contributed by atoms with Gasteiger partial charge < -0.3 is 15.4 Å². The number of amides is 1. The van der Waals surface area contributed by atoms with E-state index in [0.717, 1.165) is 27.5 Å². The predicted molar refractivity (Wildman–Crippen MR) is 92.6 cm³/mol. The molecule has 0 saturated carbocycles. The van der Waals surface area contributed by atoms with E-state index in [1.54, 1.807) is 6.92 Å². The van der Waals surface area contributed by atoms with Crippen molar-refractivity contribution in [3.05, 3.63) is 26.6 Å². The summed E-state index contributed by atoms with van der Waals surface area (Å²) in [7, 11) is 1.90. The summed E-state index contributed by atoms with van der Waals surface area (Å²) < 4.78 is 7.44. The second-order valence-corrected chi connectivity index (χ2v) is 6.71. The molecule has 21 heavy (non-hydrogen) atoms. The Labute approximate surface area is 143 Å². The van der Waals surface area contributed by atoms with Crippen LogP contribution in [0.2, 0.25) is 0 Å². The molecule has 0 saturated heterocycles. The van der Waals surface area contributed by atoms with Crippen LogP contribution >= 0.6 is 31.9 Å². The maximum Gasteiger partial charge on any atom is 0.260 e. The smallest absolute Gasteiger partial charge is 0.260 e. The lowest BCUT2D eigenvalue weighted by Gasteiger charge is -2.19. The quantitative estimate of drug-likeness (QED) is 0.706. The maximum absolute atomic E-state index is 12.0. The van der Waals surface area contributed by atoms with Crippen molar-refractivity contribution in [2.24, 2.45) is 0 Å². The first kappa shape index (κ1) is 18.5. The van der Waals surface area contributed by atoms with E-state index < -0.39 is 6.10 Å². The van der Waals surface area contributed by atoms with E-state index >= 15 is 0 Å². The highest BCUT2D eigenvalue weighted by molar-refractivity contribution is 9.11. The maximum atomic E-state index is 12.0. The molecule has 0 radical (unpaired) electrons. The number of carbonyl (C=O) groups is 1. The van der Waals surface area contributed by atoms with Crippen LogP contribution in [0, 0.1) is 0 Å². The molecule has 0 aliphatic carbocycles. The average Bonchev–Trinajstić information content (AvgIpc) is 2.42. The van der Waals surface area contributed by atoms with Gasteiger partial charge in [-0.3, -0.25) is 4.79 Å². The largest absolute Gasteiger partial charge is 0.479 e. The molecule has 1 amide bonds. The van der Waals surface area contributed by atoms with E-state index in [1.807, 2.05) is 33.0 Å². The van der Waals surface area contributed by atoms with Crippen molar-refractivity contribution in [2.45, 2.75) is 45.9 Å². The van der Waals surface area contributed by atoms with E-state index in [-0.39, 0.29) is 11.9 Å². The van der Waals surface area contributed by atoms with Crippen LogP contribution in [0.4, 0.5) is 0 Å². The molecular weight excluding hydrogens is 400 g/mol. The number of hydrogen-bond acceptors (Lipinski definition) is 3. The Balaban J connectivity index is 2.80. The van der Waals surface area contributed by atoms with Crippen LogP contribution in [0.3, 0.4) is 0 Å². The molecule has 6 heteroatoms. The molecule has 4 nitrogen and oxygen atoms in total. The van der Waals surface area contributed by atoms with E-state index in [9.17, 15) is 4.79 Å². The van der Waals surface area contributed by atoms with E-state index in [0.29, 0.717) is 5.75 Å². The summed E-state index contributed by atoms with van der Waals surface area (Å²) >= 11 is 6.99. The molecule has 1 aromatic carbocycles. The fraction of sp³-hybridized carbons (Fsp3) is 0.533. The molecule has 0 heterocycles. The third-order valence-corrected chi connectivity index (χ3v) is 4.28. The van der Waals surface area contributed by atoms with Gasteiger partial charge in [-0.1, -0.05) is 6.92 Å². The molecule has 1 aromatic rings. The second-order valence-electron chi connectivity index (χ2n) is 5.00. The van der Waals surface area contributed by atoms with Crippen molar-refractivity contribution in [2.75, 3.05) is 7.05 Å². The predicted octanol–water partition coefficient (Wildman–Crippen LogP) is 3.61. The summed E-state index contributed by atoms with van der Waals surface area (Å²) in [5.74, 6) is 0.532. The van der Waals surface area contributed by atoms with Gasteiger partial charge in [-0.15, -0.1) is 0 Å². The SMILES string of the molecule is CCC(C)NC(=O)C(C)Oc1c(Br)cc(CNC)cc1Br. The van der Waals surface area contributed by atoms with Gasteiger partial charge in [0.25, 0.3) is 5.91 Å². The third-order valence-electron chi connectivity index (χ3n) is 3.10. The van der Waals surface area contributed by atoms with Crippen LogP contribution in [0.1, 0.15) is 32.8 Å². The summed E-state index contributed by atoms with van der Waals surface area (Å²) in [5, 5.41) is 6.01. The van der Waals surface area contributed by atoms with Crippen LogP contribution in [-0.4, -0.2) is 25.1 Å². The molecule has 0 fully saturated rings. The number of ether oxygens (including phenoxy) is 1. The minimum Gasteiger partial charge on any atom is -0.479 e. The zero-order valence-electron chi connectivity index (χ0n) is 12.8. The van der Waals surface area contributed by atoms with E-state index in [1.165, 1.54) is 0 Å². The van der Waals surface area contributed by atoms with Crippen LogP contribution < -0.4 is 15.4 Å². The van der Waals surface area contributed by atoms with Gasteiger partial charge >= 0.3 is 0 Å². The fourth-order valence-corrected chi connectivity index (χ4v) is 3.19. The van der Waals surface area contributed by atoms with Crippen LogP contribution in [-0.2, 0) is 11.3 Å². The molecule has 2 atom stereocenters. The molecule has 0 aliphatic rings. The fourth-order valence-electron chi connectivity index (χ4n) is 1.72. The van der Waals surface area contributed by atoms with Gasteiger partial charge in [0.05, 0.1) is 8.95 Å². The number of halogens is 2. The Morgan fingerprint density at radius 1 is 1.29 bits per heavy atom. The zero-order chi connectivity index (χ0) is 16.0. The van der Waals surface area contributed by atoms with Crippen LogP contribution in [0.25, 0.3) is 0 Å². The van der Waals surface area contributed by atoms with Crippen molar-refractivity contribution in [3.8, 4) is 5.75 Å². The van der Waals surface area contributed by atoms with Gasteiger partial charge in [0.2, 0.25) is 0 Å². The number of carbonyl (C=O) groups excluding carboxylic acids is 1. The minimum absolute atomic E-state index is 0.109. The zero-order valence-corrected chi connectivity index (χ0v) is 16.0. The molecule has 1 rings (SSSR count). The van der Waals surface area contributed by atoms with Crippen molar-refractivity contribution in [1.29, 1.82) is 0 Å². The van der Waals surface area contributed by atoms with Gasteiger partial charge in [-0.25, -0.2) is 0 Å². The Hall–Kier alpha value is -0.590. The normalized spacial score (nSPS) is 13.6. The summed E-state index contributed by atoms with van der Waals surface area (Å²) in [6.07, 6.45) is 0.339. The third kappa shape index (κ3) is 5.60. The molecule has 0 aliphatic heterocycles. The molecular formula is C15H22Br2N2O2. The van der Waals surface area contributed by atoms with Crippen molar-refractivity contribution in [1.82, 2.24) is 10.6 Å².